The quantitative estimate of drug-likeness (QED) is 0.581. The molecule has 0 radical (unpaired) electrons. The predicted octanol–water partition coefficient (Wildman–Crippen LogP) is 0.271. The summed E-state index contributed by atoms with van der Waals surface area (Å²) in [7, 11) is -0.924. The highest BCUT2D eigenvalue weighted by Gasteiger charge is 2.27. The van der Waals surface area contributed by atoms with Gasteiger partial charge in [-0.3, -0.25) is 10.4 Å². The lowest BCUT2D eigenvalue weighted by atomic mass is 9.79. The highest BCUT2D eigenvalue weighted by Crippen LogP contribution is 2.14. The van der Waals surface area contributed by atoms with Gasteiger partial charge < -0.3 is 15.0 Å². The molecule has 2 amide bonds. The van der Waals surface area contributed by atoms with E-state index in [9.17, 15) is 9.82 Å². The first-order chi connectivity index (χ1) is 9.22. The zero-order chi connectivity index (χ0) is 13.2. The van der Waals surface area contributed by atoms with Crippen LogP contribution in [0.2, 0.25) is 0 Å². The van der Waals surface area contributed by atoms with Gasteiger partial charge in [-0.1, -0.05) is 6.07 Å². The fraction of sp³-hybridized carbons (Fsp3) is 0.0909. The van der Waals surface area contributed by atoms with Crippen molar-refractivity contribution in [3.63, 3.8) is 0 Å². The second-order valence-electron chi connectivity index (χ2n) is 4.13. The molecule has 4 N–H and O–H groups in total. The molecule has 19 heavy (non-hydrogen) atoms. The maximum atomic E-state index is 11.7. The summed E-state index contributed by atoms with van der Waals surface area (Å²) in [4.78, 5) is 11.7. The Morgan fingerprint density at radius 1 is 1.42 bits per heavy atom. The van der Waals surface area contributed by atoms with Crippen molar-refractivity contribution in [2.75, 3.05) is 10.6 Å². The summed E-state index contributed by atoms with van der Waals surface area (Å²) >= 11 is 0. The van der Waals surface area contributed by atoms with Crippen LogP contribution in [-0.2, 0) is 11.3 Å². The largest absolute Gasteiger partial charge is 0.491 e. The molecular weight excluding hydrogens is 247 g/mol. The van der Waals surface area contributed by atoms with E-state index in [-0.39, 0.29) is 0 Å². The number of H-pyrrole nitrogens is 1. The van der Waals surface area contributed by atoms with E-state index < -0.39 is 13.1 Å². The number of rotatable bonds is 2. The molecule has 0 saturated heterocycles. The van der Waals surface area contributed by atoms with Crippen molar-refractivity contribution in [3.05, 3.63) is 36.0 Å². The Morgan fingerprint density at radius 3 is 3.11 bits per heavy atom. The van der Waals surface area contributed by atoms with Crippen molar-refractivity contribution in [2.45, 2.75) is 6.61 Å². The number of fused-ring (bicyclic) bond motifs is 1. The van der Waals surface area contributed by atoms with Crippen LogP contribution in [0.1, 0.15) is 5.56 Å². The molecule has 0 fully saturated rings. The lowest BCUT2D eigenvalue weighted by Crippen LogP contribution is -2.29. The highest BCUT2D eigenvalue weighted by atomic mass is 16.5. The van der Waals surface area contributed by atoms with Crippen LogP contribution in [0, 0.1) is 0 Å². The normalized spacial score (nSPS) is 13.2. The zero-order valence-corrected chi connectivity index (χ0v) is 9.88. The molecule has 0 aliphatic carbocycles. The molecule has 7 nitrogen and oxygen atoms in total. The molecule has 0 spiro atoms. The molecule has 1 aromatic heterocycles. The van der Waals surface area contributed by atoms with Gasteiger partial charge in [0.25, 0.3) is 0 Å². The smallest absolute Gasteiger partial charge is 0.423 e. The summed E-state index contributed by atoms with van der Waals surface area (Å²) < 4.78 is 5.08. The minimum Gasteiger partial charge on any atom is -0.423 e. The predicted molar refractivity (Wildman–Crippen MR) is 70.1 cm³/mol. The Hall–Kier alpha value is -2.32. The topological polar surface area (TPSA) is 99.3 Å². The van der Waals surface area contributed by atoms with Crippen LogP contribution in [0.5, 0.6) is 0 Å². The summed E-state index contributed by atoms with van der Waals surface area (Å²) in [6.45, 7) is 0.386. The van der Waals surface area contributed by atoms with Crippen LogP contribution >= 0.6 is 0 Å². The molecular formula is C11H11BN4O3. The summed E-state index contributed by atoms with van der Waals surface area (Å²) in [5.41, 5.74) is 2.19. The van der Waals surface area contributed by atoms with Gasteiger partial charge in [0.05, 0.1) is 12.8 Å². The Kier molecular flexibility index (Phi) is 2.94. The third kappa shape index (κ3) is 2.44. The number of carbonyl (C=O) groups is 1. The summed E-state index contributed by atoms with van der Waals surface area (Å²) in [6.07, 6.45) is 1.54. The molecule has 0 atom stereocenters. The van der Waals surface area contributed by atoms with Crippen molar-refractivity contribution in [2.24, 2.45) is 0 Å². The van der Waals surface area contributed by atoms with E-state index in [0.717, 1.165) is 5.56 Å². The maximum absolute atomic E-state index is 11.7. The Bertz CT molecular complexity index is 602. The molecule has 0 unspecified atom stereocenters. The first kappa shape index (κ1) is 11.8. The average molecular weight is 258 g/mol. The Morgan fingerprint density at radius 2 is 2.32 bits per heavy atom. The number of urea groups is 1. The molecule has 1 aliphatic rings. The third-order valence-electron chi connectivity index (χ3n) is 2.82. The van der Waals surface area contributed by atoms with Gasteiger partial charge in [0.15, 0.2) is 0 Å². The fourth-order valence-corrected chi connectivity index (χ4v) is 1.90. The van der Waals surface area contributed by atoms with E-state index in [2.05, 4.69) is 20.8 Å². The van der Waals surface area contributed by atoms with E-state index >= 15 is 0 Å². The van der Waals surface area contributed by atoms with E-state index in [4.69, 9.17) is 4.65 Å². The molecule has 2 heterocycles. The van der Waals surface area contributed by atoms with E-state index in [1.165, 1.54) is 0 Å². The molecule has 1 aliphatic heterocycles. The van der Waals surface area contributed by atoms with Gasteiger partial charge in [-0.15, -0.1) is 0 Å². The van der Waals surface area contributed by atoms with Crippen LogP contribution in [0.3, 0.4) is 0 Å². The minimum atomic E-state index is -0.924. The monoisotopic (exact) mass is 258 g/mol. The lowest BCUT2D eigenvalue weighted by molar-refractivity contribution is 0.262. The zero-order valence-electron chi connectivity index (χ0n) is 9.88. The molecule has 2 aromatic rings. The standard InChI is InChI=1S/C11H11BN4O3/c17-11(15-10-3-4-13-16-10)14-8-2-1-7-6-19-12(18)9(7)5-8/h1-5,18H,6H2,(H3,13,14,15,16,17). The van der Waals surface area contributed by atoms with Crippen LogP contribution in [-0.4, -0.2) is 28.4 Å². The van der Waals surface area contributed by atoms with E-state index in [0.29, 0.717) is 23.6 Å². The van der Waals surface area contributed by atoms with Gasteiger partial charge in [-0.25, -0.2) is 4.79 Å². The van der Waals surface area contributed by atoms with Crippen molar-refractivity contribution in [1.29, 1.82) is 0 Å². The first-order valence-corrected chi connectivity index (χ1v) is 5.72. The number of hydrogen-bond acceptors (Lipinski definition) is 4. The van der Waals surface area contributed by atoms with Gasteiger partial charge in [0.2, 0.25) is 0 Å². The Labute approximate surface area is 109 Å². The van der Waals surface area contributed by atoms with Gasteiger partial charge in [-0.05, 0) is 23.2 Å². The van der Waals surface area contributed by atoms with Crippen molar-refractivity contribution in [1.82, 2.24) is 10.2 Å². The second-order valence-corrected chi connectivity index (χ2v) is 4.13. The molecule has 8 heteroatoms. The Balaban J connectivity index is 1.70. The van der Waals surface area contributed by atoms with E-state index in [1.807, 2.05) is 6.07 Å². The molecule has 96 valence electrons. The van der Waals surface area contributed by atoms with Gasteiger partial charge in [0, 0.05) is 11.8 Å². The molecule has 3 rings (SSSR count). The lowest BCUT2D eigenvalue weighted by Gasteiger charge is -2.07. The number of anilines is 2. The van der Waals surface area contributed by atoms with Gasteiger partial charge >= 0.3 is 13.1 Å². The maximum Gasteiger partial charge on any atom is 0.491 e. The number of nitrogens with zero attached hydrogens (tertiary/aromatic N) is 1. The van der Waals surface area contributed by atoms with Crippen LogP contribution < -0.4 is 16.1 Å². The second kappa shape index (κ2) is 4.75. The average Bonchev–Trinajstić information content (AvgIpc) is 3.00. The number of aromatic nitrogens is 2. The van der Waals surface area contributed by atoms with Crippen molar-refractivity contribution < 1.29 is 14.5 Å². The van der Waals surface area contributed by atoms with Gasteiger partial charge in [0.1, 0.15) is 5.82 Å². The first-order valence-electron chi connectivity index (χ1n) is 5.72. The molecule has 0 bridgehead atoms. The minimum absolute atomic E-state index is 0.386. The van der Waals surface area contributed by atoms with Crippen molar-refractivity contribution in [3.8, 4) is 0 Å². The molecule has 1 aromatic carbocycles. The third-order valence-corrected chi connectivity index (χ3v) is 2.82. The number of benzene rings is 1. The summed E-state index contributed by atoms with van der Waals surface area (Å²) in [5.74, 6) is 0.502. The van der Waals surface area contributed by atoms with Gasteiger partial charge in [-0.2, -0.15) is 5.10 Å². The summed E-state index contributed by atoms with van der Waals surface area (Å²) in [5, 5.41) is 21.2. The van der Waals surface area contributed by atoms with E-state index in [1.54, 1.807) is 24.4 Å². The van der Waals surface area contributed by atoms with Crippen LogP contribution in [0.25, 0.3) is 0 Å². The SMILES string of the molecule is O=C(Nc1ccc2c(c1)B(O)OC2)Nc1ccn[nH]1. The number of hydrogen-bond donors (Lipinski definition) is 4. The number of nitrogens with one attached hydrogen (secondary N) is 3. The van der Waals surface area contributed by atoms with Crippen LogP contribution in [0.4, 0.5) is 16.3 Å². The number of carbonyl (C=O) groups excluding carboxylic acids is 1. The fourth-order valence-electron chi connectivity index (χ4n) is 1.90. The molecule has 0 saturated carbocycles. The number of amides is 2. The number of aromatic amines is 1. The van der Waals surface area contributed by atoms with Crippen LogP contribution in [0.15, 0.2) is 30.5 Å². The van der Waals surface area contributed by atoms with Crippen molar-refractivity contribution >= 4 is 30.1 Å². The summed E-state index contributed by atoms with van der Waals surface area (Å²) in [6, 6.07) is 6.52. The highest BCUT2D eigenvalue weighted by molar-refractivity contribution is 6.61.